The number of morpholine rings is 1. The van der Waals surface area contributed by atoms with Gasteiger partial charge in [-0.2, -0.15) is 0 Å². The molecule has 6 heteroatoms. The average Bonchev–Trinajstić information content (AvgIpc) is 2.82. The van der Waals surface area contributed by atoms with Crippen LogP contribution in [0.15, 0.2) is 0 Å². The summed E-state index contributed by atoms with van der Waals surface area (Å²) in [5, 5.41) is 3.37. The van der Waals surface area contributed by atoms with E-state index in [1.807, 2.05) is 0 Å². The first-order valence-corrected chi connectivity index (χ1v) is 8.74. The highest BCUT2D eigenvalue weighted by Gasteiger charge is 2.33. The number of nitrogens with zero attached hydrogens (tertiary/aromatic N) is 1. The average molecular weight is 274 g/mol. The van der Waals surface area contributed by atoms with E-state index in [4.69, 9.17) is 4.74 Å². The van der Waals surface area contributed by atoms with Crippen LogP contribution in [0.1, 0.15) is 19.3 Å². The lowest BCUT2D eigenvalue weighted by Gasteiger charge is -2.32. The third kappa shape index (κ3) is 3.04. The normalized spacial score (nSPS) is 39.2. The summed E-state index contributed by atoms with van der Waals surface area (Å²) in [5.74, 6) is 0.674. The number of likely N-dealkylation sites (tertiary alicyclic amines) is 1. The maximum absolute atomic E-state index is 11.3. The molecule has 3 heterocycles. The molecule has 0 aromatic heterocycles. The fourth-order valence-corrected chi connectivity index (χ4v) is 4.97. The predicted octanol–water partition coefficient (Wildman–Crippen LogP) is -0.374. The molecule has 3 fully saturated rings. The summed E-state index contributed by atoms with van der Waals surface area (Å²) in [5.41, 5.74) is 0. The van der Waals surface area contributed by atoms with E-state index in [-0.39, 0.29) is 6.04 Å². The first-order valence-electron chi connectivity index (χ1n) is 6.92. The van der Waals surface area contributed by atoms with Crippen LogP contribution in [0.4, 0.5) is 0 Å². The highest BCUT2D eigenvalue weighted by atomic mass is 32.2. The summed E-state index contributed by atoms with van der Waals surface area (Å²) in [6.07, 6.45) is 4.06. The number of hydrogen-bond acceptors (Lipinski definition) is 5. The lowest BCUT2D eigenvalue weighted by Crippen LogP contribution is -2.46. The van der Waals surface area contributed by atoms with Gasteiger partial charge >= 0.3 is 0 Å². The molecule has 0 saturated carbocycles. The van der Waals surface area contributed by atoms with E-state index in [0.717, 1.165) is 32.6 Å². The molecular formula is C12H22N2O3S. The molecule has 0 aromatic rings. The van der Waals surface area contributed by atoms with Gasteiger partial charge < -0.3 is 10.1 Å². The fraction of sp³-hybridized carbons (Fsp3) is 1.00. The van der Waals surface area contributed by atoms with Crippen LogP contribution in [0.3, 0.4) is 0 Å². The summed E-state index contributed by atoms with van der Waals surface area (Å²) in [6, 6.07) is 0.174. The van der Waals surface area contributed by atoms with Crippen molar-refractivity contribution in [1.29, 1.82) is 0 Å². The van der Waals surface area contributed by atoms with Gasteiger partial charge in [-0.05, 0) is 19.3 Å². The Kier molecular flexibility index (Phi) is 3.62. The molecule has 3 aliphatic rings. The van der Waals surface area contributed by atoms with Gasteiger partial charge in [-0.15, -0.1) is 0 Å². The van der Waals surface area contributed by atoms with Crippen molar-refractivity contribution >= 4 is 9.84 Å². The molecule has 0 aliphatic carbocycles. The Morgan fingerprint density at radius 3 is 2.50 bits per heavy atom. The minimum Gasteiger partial charge on any atom is -0.372 e. The van der Waals surface area contributed by atoms with Gasteiger partial charge in [-0.1, -0.05) is 0 Å². The van der Waals surface area contributed by atoms with Crippen molar-refractivity contribution in [2.45, 2.75) is 37.5 Å². The third-order valence-corrected chi connectivity index (χ3v) is 5.98. The van der Waals surface area contributed by atoms with E-state index in [0.29, 0.717) is 23.7 Å². The lowest BCUT2D eigenvalue weighted by molar-refractivity contribution is -0.0377. The smallest absolute Gasteiger partial charge is 0.151 e. The summed E-state index contributed by atoms with van der Waals surface area (Å²) < 4.78 is 28.5. The quantitative estimate of drug-likeness (QED) is 0.758. The van der Waals surface area contributed by atoms with E-state index in [1.54, 1.807) is 0 Å². The molecule has 0 aromatic carbocycles. The second-order valence-corrected chi connectivity index (χ2v) is 8.00. The highest BCUT2D eigenvalue weighted by Crippen LogP contribution is 2.25. The Morgan fingerprint density at radius 1 is 1.17 bits per heavy atom. The summed E-state index contributed by atoms with van der Waals surface area (Å²) in [6.45, 7) is 3.98. The molecule has 5 nitrogen and oxygen atoms in total. The number of ether oxygens (including phenoxy) is 1. The van der Waals surface area contributed by atoms with E-state index in [9.17, 15) is 8.42 Å². The van der Waals surface area contributed by atoms with Crippen molar-refractivity contribution in [3.63, 3.8) is 0 Å². The van der Waals surface area contributed by atoms with Gasteiger partial charge in [-0.25, -0.2) is 8.42 Å². The van der Waals surface area contributed by atoms with Gasteiger partial charge in [0.2, 0.25) is 0 Å². The number of rotatable bonds is 4. The first-order chi connectivity index (χ1) is 8.61. The van der Waals surface area contributed by atoms with Crippen molar-refractivity contribution in [2.75, 3.05) is 37.7 Å². The summed E-state index contributed by atoms with van der Waals surface area (Å²) >= 11 is 0. The molecule has 18 heavy (non-hydrogen) atoms. The second-order valence-electron chi connectivity index (χ2n) is 5.77. The molecule has 3 unspecified atom stereocenters. The Hall–Kier alpha value is -0.170. The van der Waals surface area contributed by atoms with Gasteiger partial charge in [0.1, 0.15) is 0 Å². The van der Waals surface area contributed by atoms with E-state index in [2.05, 4.69) is 10.2 Å². The van der Waals surface area contributed by atoms with Gasteiger partial charge in [-0.3, -0.25) is 4.90 Å². The van der Waals surface area contributed by atoms with E-state index in [1.165, 1.54) is 12.8 Å². The van der Waals surface area contributed by atoms with Crippen LogP contribution < -0.4 is 5.32 Å². The zero-order valence-corrected chi connectivity index (χ0v) is 11.5. The molecule has 3 aliphatic heterocycles. The predicted molar refractivity (Wildman–Crippen MR) is 69.4 cm³/mol. The first kappa shape index (κ1) is 12.8. The van der Waals surface area contributed by atoms with Crippen LogP contribution in [0.2, 0.25) is 0 Å². The van der Waals surface area contributed by atoms with Crippen molar-refractivity contribution in [3.8, 4) is 0 Å². The van der Waals surface area contributed by atoms with E-state index < -0.39 is 9.84 Å². The fourth-order valence-electron chi connectivity index (χ4n) is 3.26. The molecule has 1 N–H and O–H groups in total. The number of sulfone groups is 1. The van der Waals surface area contributed by atoms with Gasteiger partial charge in [0.05, 0.1) is 23.7 Å². The minimum absolute atomic E-state index is 0.174. The van der Waals surface area contributed by atoms with Gasteiger partial charge in [0.15, 0.2) is 9.84 Å². The number of nitrogens with one attached hydrogen (secondary N) is 1. The molecule has 0 spiro atoms. The van der Waals surface area contributed by atoms with Crippen LogP contribution >= 0.6 is 0 Å². The number of fused-ring (bicyclic) bond motifs is 2. The maximum Gasteiger partial charge on any atom is 0.151 e. The van der Waals surface area contributed by atoms with Gasteiger partial charge in [0, 0.05) is 32.2 Å². The van der Waals surface area contributed by atoms with Gasteiger partial charge in [0.25, 0.3) is 0 Å². The minimum atomic E-state index is -2.75. The molecule has 0 radical (unpaired) electrons. The zero-order chi connectivity index (χ0) is 12.6. The largest absolute Gasteiger partial charge is 0.372 e. The molecule has 104 valence electrons. The van der Waals surface area contributed by atoms with Crippen molar-refractivity contribution in [2.24, 2.45) is 0 Å². The van der Waals surface area contributed by atoms with E-state index >= 15 is 0 Å². The molecule has 3 atom stereocenters. The lowest BCUT2D eigenvalue weighted by atomic mass is 10.2. The van der Waals surface area contributed by atoms with Crippen LogP contribution in [-0.4, -0.2) is 69.3 Å². The summed E-state index contributed by atoms with van der Waals surface area (Å²) in [7, 11) is -2.75. The third-order valence-electron chi connectivity index (χ3n) is 4.21. The standard InChI is InChI=1S/C12H22N2O3S/c15-18(16)6-3-10(9-18)13-4-5-14-7-11-1-2-12(8-14)17-11/h10-13H,1-9H2. The Morgan fingerprint density at radius 2 is 1.89 bits per heavy atom. The Bertz CT molecular complexity index is 386. The zero-order valence-electron chi connectivity index (χ0n) is 10.7. The summed E-state index contributed by atoms with van der Waals surface area (Å²) in [4.78, 5) is 2.45. The topological polar surface area (TPSA) is 58.6 Å². The maximum atomic E-state index is 11.3. The second kappa shape index (κ2) is 5.07. The van der Waals surface area contributed by atoms with Crippen molar-refractivity contribution in [3.05, 3.63) is 0 Å². The Balaban J connectivity index is 1.38. The molecular weight excluding hydrogens is 252 g/mol. The van der Waals surface area contributed by atoms with Crippen LogP contribution in [0, 0.1) is 0 Å². The molecule has 3 rings (SSSR count). The molecule has 2 bridgehead atoms. The monoisotopic (exact) mass is 274 g/mol. The van der Waals surface area contributed by atoms with Crippen molar-refractivity contribution < 1.29 is 13.2 Å². The Labute approximate surface area is 109 Å². The van der Waals surface area contributed by atoms with Crippen LogP contribution in [0.5, 0.6) is 0 Å². The SMILES string of the molecule is O=S1(=O)CCC(NCCN2CC3CCC(C2)O3)C1. The highest BCUT2D eigenvalue weighted by molar-refractivity contribution is 7.91. The molecule has 3 saturated heterocycles. The molecule has 0 amide bonds. The number of hydrogen-bond donors (Lipinski definition) is 1. The van der Waals surface area contributed by atoms with Crippen LogP contribution in [-0.2, 0) is 14.6 Å². The van der Waals surface area contributed by atoms with Crippen molar-refractivity contribution in [1.82, 2.24) is 10.2 Å². The van der Waals surface area contributed by atoms with Crippen LogP contribution in [0.25, 0.3) is 0 Å².